The molecule has 0 heterocycles. The highest BCUT2D eigenvalue weighted by molar-refractivity contribution is 5.95. The van der Waals surface area contributed by atoms with Gasteiger partial charge in [-0.25, -0.2) is 4.79 Å². The van der Waals surface area contributed by atoms with E-state index in [0.29, 0.717) is 17.1 Å². The summed E-state index contributed by atoms with van der Waals surface area (Å²) in [5.41, 5.74) is 1.57. The number of carbonyl (C=O) groups is 1. The van der Waals surface area contributed by atoms with Crippen molar-refractivity contribution < 1.29 is 9.53 Å². The molecule has 0 aromatic heterocycles. The van der Waals surface area contributed by atoms with Gasteiger partial charge in [-0.1, -0.05) is 44.9 Å². The Balaban J connectivity index is 0.00000361. The molecule has 0 unspecified atom stereocenters. The summed E-state index contributed by atoms with van der Waals surface area (Å²) in [7, 11) is 1.32. The fourth-order valence-corrected chi connectivity index (χ4v) is 2.41. The summed E-state index contributed by atoms with van der Waals surface area (Å²) in [4.78, 5) is 11.8. The lowest BCUT2D eigenvalue weighted by molar-refractivity contribution is -0.135. The number of hydrogen-bond acceptors (Lipinski definition) is 3. The molecule has 1 saturated carbocycles. The van der Waals surface area contributed by atoms with Crippen LogP contribution in [0, 0.1) is 17.2 Å². The van der Waals surface area contributed by atoms with E-state index >= 15 is 0 Å². The maximum Gasteiger partial charge on any atom is 0.339 e. The molecule has 3 heteroatoms. The number of esters is 1. The zero-order valence-electron chi connectivity index (χ0n) is 11.7. The number of nitriles is 1. The van der Waals surface area contributed by atoms with Crippen molar-refractivity contribution in [3.63, 3.8) is 0 Å². The highest BCUT2D eigenvalue weighted by Crippen LogP contribution is 2.30. The summed E-state index contributed by atoms with van der Waals surface area (Å²) in [5.74, 6) is -0.0585. The predicted molar refractivity (Wildman–Crippen MR) is 81.9 cm³/mol. The summed E-state index contributed by atoms with van der Waals surface area (Å²) in [6.45, 7) is 5.80. The van der Waals surface area contributed by atoms with E-state index in [1.54, 1.807) is 19.1 Å². The van der Waals surface area contributed by atoms with E-state index in [9.17, 15) is 4.79 Å². The van der Waals surface area contributed by atoms with Crippen LogP contribution < -0.4 is 0 Å². The Morgan fingerprint density at radius 3 is 2.40 bits per heavy atom. The molecule has 0 radical (unpaired) electrons. The molecule has 0 atom stereocenters. The third-order valence-electron chi connectivity index (χ3n) is 3.56. The van der Waals surface area contributed by atoms with E-state index in [1.165, 1.54) is 26.4 Å². The lowest BCUT2D eigenvalue weighted by Crippen LogP contribution is -2.11. The van der Waals surface area contributed by atoms with Crippen molar-refractivity contribution in [3.05, 3.63) is 35.5 Å². The second kappa shape index (κ2) is 9.14. The maximum atomic E-state index is 11.8. The van der Waals surface area contributed by atoms with E-state index in [0.717, 1.165) is 18.4 Å². The minimum absolute atomic E-state index is 0. The molecule has 1 rings (SSSR count). The summed E-state index contributed by atoms with van der Waals surface area (Å²) in [6, 6.07) is 2.03. The van der Waals surface area contributed by atoms with Crippen LogP contribution in [0.15, 0.2) is 35.5 Å². The molecule has 3 nitrogen and oxygen atoms in total. The number of rotatable bonds is 4. The first-order valence-corrected chi connectivity index (χ1v) is 6.69. The van der Waals surface area contributed by atoms with Crippen molar-refractivity contribution in [2.75, 3.05) is 7.11 Å². The van der Waals surface area contributed by atoms with Crippen molar-refractivity contribution in [1.82, 2.24) is 0 Å². The van der Waals surface area contributed by atoms with Gasteiger partial charge in [0.2, 0.25) is 0 Å². The zero-order chi connectivity index (χ0) is 14.3. The minimum atomic E-state index is -0.480. The number of carbonyl (C=O) groups excluding carboxylic acids is 1. The van der Waals surface area contributed by atoms with Gasteiger partial charge in [-0.05, 0) is 31.8 Å². The summed E-state index contributed by atoms with van der Waals surface area (Å²) >= 11 is 0. The second-order valence-electron chi connectivity index (χ2n) is 4.77. The molecule has 1 aliphatic rings. The summed E-state index contributed by atoms with van der Waals surface area (Å²) < 4.78 is 4.74. The Bertz CT molecular complexity index is 446. The van der Waals surface area contributed by atoms with Crippen LogP contribution in [-0.4, -0.2) is 13.1 Å². The smallest absolute Gasteiger partial charge is 0.339 e. The molecule has 0 aromatic carbocycles. The van der Waals surface area contributed by atoms with Crippen LogP contribution in [0.4, 0.5) is 0 Å². The van der Waals surface area contributed by atoms with E-state index in [2.05, 4.69) is 6.58 Å². The zero-order valence-corrected chi connectivity index (χ0v) is 11.7. The Morgan fingerprint density at radius 1 is 1.35 bits per heavy atom. The molecule has 0 N–H and O–H groups in total. The van der Waals surface area contributed by atoms with E-state index < -0.39 is 5.97 Å². The van der Waals surface area contributed by atoms with Gasteiger partial charge < -0.3 is 4.74 Å². The lowest BCUT2D eigenvalue weighted by atomic mass is 9.83. The van der Waals surface area contributed by atoms with Crippen molar-refractivity contribution in [1.29, 1.82) is 5.26 Å². The SMILES string of the molecule is C.C=C(/C=C(C(=O)OC)\C(C#N)=C/C)C1CCCCC1. The first kappa shape index (κ1) is 18.2. The average molecular weight is 275 g/mol. The summed E-state index contributed by atoms with van der Waals surface area (Å²) in [5, 5.41) is 9.07. The van der Waals surface area contributed by atoms with Crippen LogP contribution in [-0.2, 0) is 9.53 Å². The van der Waals surface area contributed by atoms with Gasteiger partial charge in [0.15, 0.2) is 0 Å². The normalized spacial score (nSPS) is 16.9. The third-order valence-corrected chi connectivity index (χ3v) is 3.56. The first-order chi connectivity index (χ1) is 9.13. The molecule has 110 valence electrons. The van der Waals surface area contributed by atoms with E-state index in [-0.39, 0.29) is 7.43 Å². The van der Waals surface area contributed by atoms with Crippen LogP contribution in [0.25, 0.3) is 0 Å². The highest BCUT2D eigenvalue weighted by atomic mass is 16.5. The monoisotopic (exact) mass is 275 g/mol. The van der Waals surface area contributed by atoms with Gasteiger partial charge >= 0.3 is 5.97 Å². The van der Waals surface area contributed by atoms with E-state index in [4.69, 9.17) is 10.00 Å². The number of allylic oxidation sites excluding steroid dienone is 3. The molecule has 0 amide bonds. The van der Waals surface area contributed by atoms with Crippen molar-refractivity contribution in [3.8, 4) is 6.07 Å². The molecule has 0 bridgehead atoms. The Labute approximate surface area is 122 Å². The highest BCUT2D eigenvalue weighted by Gasteiger charge is 2.19. The molecule has 0 saturated heterocycles. The van der Waals surface area contributed by atoms with Gasteiger partial charge in [0.25, 0.3) is 0 Å². The van der Waals surface area contributed by atoms with Gasteiger partial charge in [0.1, 0.15) is 0 Å². The largest absolute Gasteiger partial charge is 0.465 e. The minimum Gasteiger partial charge on any atom is -0.465 e. The van der Waals surface area contributed by atoms with Crippen molar-refractivity contribution >= 4 is 5.97 Å². The standard InChI is InChI=1S/C16H21NO2.CH4/c1-4-13(11-17)15(16(18)19-3)10-12(2)14-8-6-5-7-9-14;/h4,10,14H,2,5-9H2,1,3H3;1H4/b13-4-,15-10+;. The van der Waals surface area contributed by atoms with Gasteiger partial charge in [0, 0.05) is 0 Å². The summed E-state index contributed by atoms with van der Waals surface area (Å²) in [6.07, 6.45) is 9.26. The van der Waals surface area contributed by atoms with Gasteiger partial charge in [-0.2, -0.15) is 5.26 Å². The van der Waals surface area contributed by atoms with Crippen LogP contribution in [0.3, 0.4) is 0 Å². The number of hydrogen-bond donors (Lipinski definition) is 0. The first-order valence-electron chi connectivity index (χ1n) is 6.69. The van der Waals surface area contributed by atoms with Crippen LogP contribution in [0.5, 0.6) is 0 Å². The Hall–Kier alpha value is -1.82. The molecule has 0 spiro atoms. The molecular weight excluding hydrogens is 250 g/mol. The third kappa shape index (κ3) is 4.70. The molecule has 1 aliphatic carbocycles. The van der Waals surface area contributed by atoms with Crippen molar-refractivity contribution in [2.24, 2.45) is 5.92 Å². The van der Waals surface area contributed by atoms with Crippen molar-refractivity contribution in [2.45, 2.75) is 46.5 Å². The van der Waals surface area contributed by atoms with Gasteiger partial charge in [-0.3, -0.25) is 0 Å². The van der Waals surface area contributed by atoms with Crippen LogP contribution in [0.1, 0.15) is 46.5 Å². The van der Waals surface area contributed by atoms with Crippen LogP contribution >= 0.6 is 0 Å². The number of ether oxygens (including phenoxy) is 1. The second-order valence-corrected chi connectivity index (χ2v) is 4.77. The predicted octanol–water partition coefficient (Wildman–Crippen LogP) is 4.33. The fourth-order valence-electron chi connectivity index (χ4n) is 2.41. The van der Waals surface area contributed by atoms with E-state index in [1.807, 2.05) is 6.07 Å². The Morgan fingerprint density at radius 2 is 1.95 bits per heavy atom. The molecule has 0 aromatic rings. The maximum absolute atomic E-state index is 11.8. The molecule has 20 heavy (non-hydrogen) atoms. The molecular formula is C17H25NO2. The number of nitrogens with zero attached hydrogens (tertiary/aromatic N) is 1. The lowest BCUT2D eigenvalue weighted by Gasteiger charge is -2.22. The quantitative estimate of drug-likeness (QED) is 0.332. The van der Waals surface area contributed by atoms with Gasteiger partial charge in [0.05, 0.1) is 24.3 Å². The van der Waals surface area contributed by atoms with Gasteiger partial charge in [-0.15, -0.1) is 0 Å². The Kier molecular flexibility index (Phi) is 8.31. The van der Waals surface area contributed by atoms with Crippen LogP contribution in [0.2, 0.25) is 0 Å². The molecule has 0 aliphatic heterocycles. The number of methoxy groups -OCH3 is 1. The molecule has 1 fully saturated rings. The fraction of sp³-hybridized carbons (Fsp3) is 0.529. The average Bonchev–Trinajstić information content (AvgIpc) is 2.47. The topological polar surface area (TPSA) is 50.1 Å².